The Morgan fingerprint density at radius 1 is 0.780 bits per heavy atom. The van der Waals surface area contributed by atoms with Gasteiger partial charge < -0.3 is 24.3 Å². The molecule has 3 aromatic carbocycles. The molecule has 2 atom stereocenters. The van der Waals surface area contributed by atoms with Gasteiger partial charge in [-0.3, -0.25) is 14.7 Å². The van der Waals surface area contributed by atoms with Crippen molar-refractivity contribution in [3.05, 3.63) is 105 Å². The van der Waals surface area contributed by atoms with Crippen molar-refractivity contribution in [2.75, 3.05) is 33.8 Å². The molecule has 6 rings (SSSR count). The highest BCUT2D eigenvalue weighted by Gasteiger charge is 2.42. The molecule has 0 saturated heterocycles. The molecule has 0 spiro atoms. The number of fused-ring (bicyclic) bond motifs is 1. The topological polar surface area (TPSA) is 104 Å². The molecular formula is C32H31N3O6. The summed E-state index contributed by atoms with van der Waals surface area (Å²) in [7, 11) is 6.36. The lowest BCUT2D eigenvalue weighted by molar-refractivity contribution is -0.116. The minimum Gasteiger partial charge on any atom is -0.497 e. The first-order valence-electron chi connectivity index (χ1n) is 13.3. The van der Waals surface area contributed by atoms with E-state index >= 15 is 0 Å². The number of aromatic nitrogens is 2. The van der Waals surface area contributed by atoms with E-state index in [0.29, 0.717) is 57.6 Å². The SMILES string of the molecule is COc1ccc(OC)c([C@H]2C3=C(C[C@H](c4ccc(OC)c(OC)c4)CC3=O)Nc3[nH]n(-c4ccccc4)c(=O)c32)c1. The Labute approximate surface area is 237 Å². The third-order valence-corrected chi connectivity index (χ3v) is 7.93. The van der Waals surface area contributed by atoms with Crippen molar-refractivity contribution in [2.45, 2.75) is 24.7 Å². The highest BCUT2D eigenvalue weighted by atomic mass is 16.5. The number of carbonyl (C=O) groups excluding carboxylic acids is 1. The van der Waals surface area contributed by atoms with E-state index < -0.39 is 5.92 Å². The van der Waals surface area contributed by atoms with Gasteiger partial charge in [0.05, 0.1) is 45.6 Å². The molecular weight excluding hydrogens is 522 g/mol. The number of rotatable bonds is 7. The molecule has 1 aliphatic carbocycles. The van der Waals surface area contributed by atoms with Crippen LogP contribution in [0.2, 0.25) is 0 Å². The Balaban J connectivity index is 1.52. The normalized spacial score (nSPS) is 17.8. The highest BCUT2D eigenvalue weighted by Crippen LogP contribution is 2.49. The van der Waals surface area contributed by atoms with Crippen LogP contribution in [-0.2, 0) is 4.79 Å². The first-order chi connectivity index (χ1) is 20.0. The van der Waals surface area contributed by atoms with E-state index in [1.165, 1.54) is 4.68 Å². The number of aromatic amines is 1. The Morgan fingerprint density at radius 2 is 1.51 bits per heavy atom. The minimum absolute atomic E-state index is 0.0362. The summed E-state index contributed by atoms with van der Waals surface area (Å²) in [5, 5.41) is 6.69. The zero-order chi connectivity index (χ0) is 28.7. The largest absolute Gasteiger partial charge is 0.497 e. The summed E-state index contributed by atoms with van der Waals surface area (Å²) in [5.41, 5.74) is 3.91. The Morgan fingerprint density at radius 3 is 2.22 bits per heavy atom. The average molecular weight is 554 g/mol. The van der Waals surface area contributed by atoms with Crippen molar-refractivity contribution in [1.29, 1.82) is 0 Å². The van der Waals surface area contributed by atoms with Gasteiger partial charge in [0.1, 0.15) is 17.3 Å². The Hall–Kier alpha value is -4.92. The number of anilines is 1. The van der Waals surface area contributed by atoms with Crippen LogP contribution >= 0.6 is 0 Å². The lowest BCUT2D eigenvalue weighted by atomic mass is 9.72. The second-order valence-corrected chi connectivity index (χ2v) is 10.1. The van der Waals surface area contributed by atoms with Gasteiger partial charge in [-0.15, -0.1) is 0 Å². The second-order valence-electron chi connectivity index (χ2n) is 10.1. The number of carbonyl (C=O) groups is 1. The fraction of sp³-hybridized carbons (Fsp3) is 0.250. The summed E-state index contributed by atoms with van der Waals surface area (Å²) in [5.74, 6) is 2.18. The van der Waals surface area contributed by atoms with Gasteiger partial charge >= 0.3 is 0 Å². The molecule has 2 N–H and O–H groups in total. The van der Waals surface area contributed by atoms with Crippen LogP contribution in [-0.4, -0.2) is 44.0 Å². The third-order valence-electron chi connectivity index (χ3n) is 7.93. The molecule has 0 bridgehead atoms. The summed E-state index contributed by atoms with van der Waals surface area (Å²) in [6.45, 7) is 0. The molecule has 0 saturated carbocycles. The molecule has 210 valence electrons. The van der Waals surface area contributed by atoms with E-state index in [0.717, 1.165) is 11.3 Å². The first-order valence-corrected chi connectivity index (χ1v) is 13.3. The predicted molar refractivity (Wildman–Crippen MR) is 155 cm³/mol. The number of nitrogens with zero attached hydrogens (tertiary/aromatic N) is 1. The molecule has 9 heteroatoms. The number of hydrogen-bond acceptors (Lipinski definition) is 7. The highest BCUT2D eigenvalue weighted by molar-refractivity contribution is 6.01. The number of allylic oxidation sites excluding steroid dienone is 2. The van der Waals surface area contributed by atoms with E-state index in [4.69, 9.17) is 18.9 Å². The zero-order valence-corrected chi connectivity index (χ0v) is 23.3. The maximum atomic E-state index is 14.1. The van der Waals surface area contributed by atoms with Crippen LogP contribution in [0.15, 0.2) is 82.8 Å². The number of hydrogen-bond donors (Lipinski definition) is 2. The molecule has 1 aromatic heterocycles. The Bertz CT molecular complexity index is 1720. The van der Waals surface area contributed by atoms with Crippen LogP contribution in [0.3, 0.4) is 0 Å². The number of methoxy groups -OCH3 is 4. The molecule has 41 heavy (non-hydrogen) atoms. The van der Waals surface area contributed by atoms with Crippen molar-refractivity contribution >= 4 is 11.6 Å². The first kappa shape index (κ1) is 26.3. The van der Waals surface area contributed by atoms with Crippen molar-refractivity contribution < 1.29 is 23.7 Å². The van der Waals surface area contributed by atoms with Gasteiger partial charge in [0, 0.05) is 23.3 Å². The van der Waals surface area contributed by atoms with Gasteiger partial charge in [-0.05, 0) is 60.4 Å². The van der Waals surface area contributed by atoms with Crippen molar-refractivity contribution in [2.24, 2.45) is 0 Å². The number of para-hydroxylation sites is 1. The molecule has 4 aromatic rings. The maximum Gasteiger partial charge on any atom is 0.277 e. The van der Waals surface area contributed by atoms with Gasteiger partial charge in [-0.25, -0.2) is 4.68 Å². The lowest BCUT2D eigenvalue weighted by Gasteiger charge is -2.35. The molecule has 0 unspecified atom stereocenters. The fourth-order valence-electron chi connectivity index (χ4n) is 5.97. The number of ether oxygens (including phenoxy) is 4. The number of ketones is 1. The molecule has 1 aliphatic heterocycles. The molecule has 0 fully saturated rings. The van der Waals surface area contributed by atoms with E-state index in [1.54, 1.807) is 40.6 Å². The maximum absolute atomic E-state index is 14.1. The smallest absolute Gasteiger partial charge is 0.277 e. The van der Waals surface area contributed by atoms with E-state index in [-0.39, 0.29) is 23.7 Å². The van der Waals surface area contributed by atoms with Crippen molar-refractivity contribution in [1.82, 2.24) is 9.78 Å². The molecule has 0 amide bonds. The number of nitrogens with one attached hydrogen (secondary N) is 2. The molecule has 9 nitrogen and oxygen atoms in total. The average Bonchev–Trinajstić information content (AvgIpc) is 3.35. The summed E-state index contributed by atoms with van der Waals surface area (Å²) >= 11 is 0. The summed E-state index contributed by atoms with van der Waals surface area (Å²) < 4.78 is 23.7. The van der Waals surface area contributed by atoms with Crippen LogP contribution in [0.5, 0.6) is 23.0 Å². The van der Waals surface area contributed by atoms with Crippen molar-refractivity contribution in [3.63, 3.8) is 0 Å². The number of benzene rings is 3. The second kappa shape index (κ2) is 10.6. The van der Waals surface area contributed by atoms with Crippen LogP contribution in [0, 0.1) is 0 Å². The fourth-order valence-corrected chi connectivity index (χ4v) is 5.97. The van der Waals surface area contributed by atoms with Gasteiger partial charge in [0.15, 0.2) is 17.3 Å². The zero-order valence-electron chi connectivity index (χ0n) is 23.3. The van der Waals surface area contributed by atoms with Gasteiger partial charge in [-0.2, -0.15) is 0 Å². The van der Waals surface area contributed by atoms with E-state index in [2.05, 4.69) is 10.4 Å². The minimum atomic E-state index is -0.654. The lowest BCUT2D eigenvalue weighted by Crippen LogP contribution is -2.32. The van der Waals surface area contributed by atoms with Gasteiger partial charge in [0.25, 0.3) is 5.56 Å². The number of H-pyrrole nitrogens is 1. The van der Waals surface area contributed by atoms with Crippen LogP contribution in [0.25, 0.3) is 5.69 Å². The van der Waals surface area contributed by atoms with Crippen LogP contribution in [0.4, 0.5) is 5.82 Å². The molecule has 0 radical (unpaired) electrons. The van der Waals surface area contributed by atoms with Gasteiger partial charge in [0.2, 0.25) is 0 Å². The summed E-state index contributed by atoms with van der Waals surface area (Å²) in [6.07, 6.45) is 0.850. The quantitative estimate of drug-likeness (QED) is 0.326. The summed E-state index contributed by atoms with van der Waals surface area (Å²) in [6, 6.07) is 20.6. The summed E-state index contributed by atoms with van der Waals surface area (Å²) in [4.78, 5) is 28.1. The monoisotopic (exact) mass is 553 g/mol. The van der Waals surface area contributed by atoms with E-state index in [9.17, 15) is 9.59 Å². The Kier molecular flexibility index (Phi) is 6.78. The van der Waals surface area contributed by atoms with Gasteiger partial charge in [-0.1, -0.05) is 24.3 Å². The standard InChI is InChI=1S/C32H31N3O6/c1-38-21-11-13-25(39-2)22(17-21)28-29-23(33-31-30(28)32(37)35(34-31)20-8-6-5-7-9-20)14-19(15-24(29)36)18-10-12-26(40-3)27(16-18)41-4/h5-13,16-17,19,28,33-34H,14-15H2,1-4H3/t19-,28-/m0/s1. The van der Waals surface area contributed by atoms with Crippen LogP contribution < -0.4 is 29.8 Å². The molecule has 2 heterocycles. The number of Topliss-reactive ketones (excluding diaryl/α,β-unsaturated/α-hetero) is 1. The molecule has 2 aliphatic rings. The van der Waals surface area contributed by atoms with Crippen molar-refractivity contribution in [3.8, 4) is 28.7 Å². The van der Waals surface area contributed by atoms with Crippen LogP contribution in [0.1, 0.15) is 41.4 Å². The van der Waals surface area contributed by atoms with E-state index in [1.807, 2.05) is 54.6 Å². The predicted octanol–water partition coefficient (Wildman–Crippen LogP) is 5.16. The third kappa shape index (κ3) is 4.43.